The van der Waals surface area contributed by atoms with Crippen LogP contribution < -0.4 is 5.56 Å². The number of carbonyl (C=O) groups is 1. The van der Waals surface area contributed by atoms with Gasteiger partial charge in [-0.05, 0) is 26.8 Å². The quantitative estimate of drug-likeness (QED) is 0.911. The van der Waals surface area contributed by atoms with Crippen molar-refractivity contribution >= 4 is 16.7 Å². The molecule has 1 aromatic carbocycles. The van der Waals surface area contributed by atoms with Crippen LogP contribution in [0.2, 0.25) is 0 Å². The van der Waals surface area contributed by atoms with E-state index in [0.29, 0.717) is 29.6 Å². The minimum Gasteiger partial charge on any atom is -0.374 e. The van der Waals surface area contributed by atoms with Gasteiger partial charge in [-0.1, -0.05) is 18.2 Å². The number of rotatable bonds is 5. The number of ether oxygens (including phenoxy) is 1. The van der Waals surface area contributed by atoms with Gasteiger partial charge in [-0.25, -0.2) is 5.10 Å². The van der Waals surface area contributed by atoms with E-state index in [1.54, 1.807) is 24.1 Å². The summed E-state index contributed by atoms with van der Waals surface area (Å²) in [4.78, 5) is 25.7. The normalized spacial score (nSPS) is 11.7. The Morgan fingerprint density at radius 3 is 2.57 bits per heavy atom. The van der Waals surface area contributed by atoms with Gasteiger partial charge >= 0.3 is 0 Å². The molecule has 1 aromatic heterocycles. The van der Waals surface area contributed by atoms with E-state index in [2.05, 4.69) is 10.2 Å². The summed E-state index contributed by atoms with van der Waals surface area (Å²) in [5.41, 5.74) is 0.109. The first-order chi connectivity index (χ1) is 10.8. The Kier molecular flexibility index (Phi) is 5.15. The molecule has 0 saturated heterocycles. The molecule has 0 atom stereocenters. The number of nitrogens with zero attached hydrogens (tertiary/aromatic N) is 2. The number of hydrogen-bond acceptors (Lipinski definition) is 4. The lowest BCUT2D eigenvalue weighted by Crippen LogP contribution is -2.34. The van der Waals surface area contributed by atoms with Gasteiger partial charge in [0.2, 0.25) is 5.91 Å². The fourth-order valence-corrected chi connectivity index (χ4v) is 2.20. The van der Waals surface area contributed by atoms with Gasteiger partial charge in [-0.3, -0.25) is 9.59 Å². The molecule has 23 heavy (non-hydrogen) atoms. The number of aromatic nitrogens is 2. The number of likely N-dealkylation sites (N-methyl/N-ethyl adjacent to an activating group) is 1. The van der Waals surface area contributed by atoms with Gasteiger partial charge in [0.25, 0.3) is 5.56 Å². The van der Waals surface area contributed by atoms with Crippen LogP contribution in [0, 0.1) is 0 Å². The average molecular weight is 317 g/mol. The second kappa shape index (κ2) is 6.91. The van der Waals surface area contributed by atoms with Crippen molar-refractivity contribution < 1.29 is 9.53 Å². The van der Waals surface area contributed by atoms with E-state index < -0.39 is 0 Å². The molecule has 1 N–H and O–H groups in total. The lowest BCUT2D eigenvalue weighted by atomic mass is 10.1. The highest BCUT2D eigenvalue weighted by Gasteiger charge is 2.15. The van der Waals surface area contributed by atoms with Gasteiger partial charge in [0.1, 0.15) is 0 Å². The Labute approximate surface area is 135 Å². The van der Waals surface area contributed by atoms with Crippen molar-refractivity contribution in [2.24, 2.45) is 0 Å². The Bertz CT molecular complexity index is 747. The fourth-order valence-electron chi connectivity index (χ4n) is 2.20. The zero-order valence-electron chi connectivity index (χ0n) is 14.0. The maximum atomic E-state index is 12.3. The van der Waals surface area contributed by atoms with Crippen molar-refractivity contribution in [2.75, 3.05) is 20.2 Å². The molecule has 0 aliphatic rings. The third-order valence-electron chi connectivity index (χ3n) is 3.48. The summed E-state index contributed by atoms with van der Waals surface area (Å²) in [7, 11) is 1.74. The third-order valence-corrected chi connectivity index (χ3v) is 3.48. The monoisotopic (exact) mass is 317 g/mol. The lowest BCUT2D eigenvalue weighted by Gasteiger charge is -2.23. The molecule has 0 saturated carbocycles. The van der Waals surface area contributed by atoms with Crippen LogP contribution in [0.5, 0.6) is 0 Å². The average Bonchev–Trinajstić information content (AvgIpc) is 2.49. The number of carbonyl (C=O) groups excluding carboxylic acids is 1. The zero-order valence-corrected chi connectivity index (χ0v) is 14.0. The number of aromatic amines is 1. The zero-order chi connectivity index (χ0) is 17.0. The maximum Gasteiger partial charge on any atom is 0.272 e. The van der Waals surface area contributed by atoms with Gasteiger partial charge < -0.3 is 9.64 Å². The second-order valence-corrected chi connectivity index (χ2v) is 6.50. The topological polar surface area (TPSA) is 75.3 Å². The molecular formula is C17H23N3O3. The highest BCUT2D eigenvalue weighted by atomic mass is 16.5. The number of nitrogens with one attached hydrogen (secondary N) is 1. The first-order valence-electron chi connectivity index (χ1n) is 7.62. The van der Waals surface area contributed by atoms with Crippen LogP contribution in [0.1, 0.15) is 26.5 Å². The van der Waals surface area contributed by atoms with E-state index >= 15 is 0 Å². The van der Waals surface area contributed by atoms with Crippen molar-refractivity contribution in [1.29, 1.82) is 0 Å². The van der Waals surface area contributed by atoms with Gasteiger partial charge in [-0.2, -0.15) is 5.10 Å². The Morgan fingerprint density at radius 1 is 1.26 bits per heavy atom. The van der Waals surface area contributed by atoms with Gasteiger partial charge in [0.05, 0.1) is 29.7 Å². The molecule has 0 radical (unpaired) electrons. The molecule has 1 heterocycles. The molecule has 6 nitrogen and oxygen atoms in total. The molecule has 0 aliphatic heterocycles. The lowest BCUT2D eigenvalue weighted by molar-refractivity contribution is -0.130. The number of H-pyrrole nitrogens is 1. The van der Waals surface area contributed by atoms with E-state index in [-0.39, 0.29) is 23.5 Å². The summed E-state index contributed by atoms with van der Waals surface area (Å²) in [6.45, 7) is 6.92. The maximum absolute atomic E-state index is 12.3. The fraction of sp³-hybridized carbons (Fsp3) is 0.471. The van der Waals surface area contributed by atoms with Crippen LogP contribution in [-0.4, -0.2) is 46.8 Å². The van der Waals surface area contributed by atoms with Crippen LogP contribution in [0.25, 0.3) is 10.8 Å². The van der Waals surface area contributed by atoms with E-state index in [0.717, 1.165) is 0 Å². The molecule has 6 heteroatoms. The summed E-state index contributed by atoms with van der Waals surface area (Å²) < 4.78 is 5.63. The molecule has 0 fully saturated rings. The first-order valence-corrected chi connectivity index (χ1v) is 7.62. The van der Waals surface area contributed by atoms with E-state index in [4.69, 9.17) is 4.74 Å². The standard InChI is InChI=1S/C17H23N3O3/c1-17(2,3)23-10-9-20(4)15(21)11-14-12-7-5-6-8-13(12)16(22)19-18-14/h5-8H,9-11H2,1-4H3,(H,19,22). The van der Waals surface area contributed by atoms with Crippen LogP contribution in [-0.2, 0) is 16.0 Å². The minimum atomic E-state index is -0.247. The van der Waals surface area contributed by atoms with Crippen molar-refractivity contribution in [3.05, 3.63) is 40.3 Å². The molecule has 124 valence electrons. The molecule has 0 aliphatic carbocycles. The molecule has 0 unspecified atom stereocenters. The van der Waals surface area contributed by atoms with Crippen LogP contribution in [0.15, 0.2) is 29.1 Å². The van der Waals surface area contributed by atoms with Crippen molar-refractivity contribution in [3.8, 4) is 0 Å². The number of amides is 1. The Balaban J connectivity index is 2.06. The number of benzene rings is 1. The van der Waals surface area contributed by atoms with Gasteiger partial charge in [-0.15, -0.1) is 0 Å². The van der Waals surface area contributed by atoms with Crippen LogP contribution >= 0.6 is 0 Å². The highest BCUT2D eigenvalue weighted by molar-refractivity contribution is 5.88. The molecule has 1 amide bonds. The summed E-state index contributed by atoms with van der Waals surface area (Å²) in [5, 5.41) is 7.74. The van der Waals surface area contributed by atoms with Crippen molar-refractivity contribution in [1.82, 2.24) is 15.1 Å². The van der Waals surface area contributed by atoms with E-state index in [1.807, 2.05) is 32.9 Å². The van der Waals surface area contributed by atoms with Gasteiger partial charge in [0.15, 0.2) is 0 Å². The number of fused-ring (bicyclic) bond motifs is 1. The smallest absolute Gasteiger partial charge is 0.272 e. The Morgan fingerprint density at radius 2 is 1.91 bits per heavy atom. The highest BCUT2D eigenvalue weighted by Crippen LogP contribution is 2.13. The molecule has 0 spiro atoms. The van der Waals surface area contributed by atoms with Crippen molar-refractivity contribution in [2.45, 2.75) is 32.8 Å². The third kappa shape index (κ3) is 4.63. The molecule has 2 rings (SSSR count). The summed E-state index contributed by atoms with van der Waals surface area (Å²) in [6, 6.07) is 7.16. The molecular weight excluding hydrogens is 294 g/mol. The predicted molar refractivity (Wildman–Crippen MR) is 89.4 cm³/mol. The van der Waals surface area contributed by atoms with Crippen LogP contribution in [0.3, 0.4) is 0 Å². The SMILES string of the molecule is CN(CCOC(C)(C)C)C(=O)Cc1n[nH]c(=O)c2ccccc12. The summed E-state index contributed by atoms with van der Waals surface area (Å²) in [5.74, 6) is -0.0628. The predicted octanol–water partition coefficient (Wildman–Crippen LogP) is 1.74. The summed E-state index contributed by atoms with van der Waals surface area (Å²) >= 11 is 0. The van der Waals surface area contributed by atoms with Crippen LogP contribution in [0.4, 0.5) is 0 Å². The first kappa shape index (κ1) is 17.1. The van der Waals surface area contributed by atoms with Crippen molar-refractivity contribution in [3.63, 3.8) is 0 Å². The molecule has 2 aromatic rings. The summed E-state index contributed by atoms with van der Waals surface area (Å²) in [6.07, 6.45) is 0.142. The van der Waals surface area contributed by atoms with E-state index in [9.17, 15) is 9.59 Å². The van der Waals surface area contributed by atoms with Gasteiger partial charge in [0, 0.05) is 19.0 Å². The number of hydrogen-bond donors (Lipinski definition) is 1. The largest absolute Gasteiger partial charge is 0.374 e. The molecule has 0 bridgehead atoms. The second-order valence-electron chi connectivity index (χ2n) is 6.50. The Hall–Kier alpha value is -2.21. The van der Waals surface area contributed by atoms with E-state index in [1.165, 1.54) is 0 Å². The minimum absolute atomic E-state index is 0.0628.